The van der Waals surface area contributed by atoms with Crippen LogP contribution in [0, 0.1) is 12.8 Å². The Balaban J connectivity index is 1.97. The highest BCUT2D eigenvalue weighted by atomic mass is 16.5. The fraction of sp³-hybridized carbons (Fsp3) is 0.400. The molecule has 1 aromatic carbocycles. The van der Waals surface area contributed by atoms with Gasteiger partial charge in [0.05, 0.1) is 31.5 Å². The molecule has 1 aromatic heterocycles. The second-order valence-corrected chi connectivity index (χ2v) is 5.31. The molecule has 0 spiro atoms. The van der Waals surface area contributed by atoms with Crippen molar-refractivity contribution in [2.24, 2.45) is 5.92 Å². The summed E-state index contributed by atoms with van der Waals surface area (Å²) >= 11 is 0. The molecular formula is C15H18N4O2. The Morgan fingerprint density at radius 2 is 2.33 bits per heavy atom. The van der Waals surface area contributed by atoms with E-state index < -0.39 is 0 Å². The summed E-state index contributed by atoms with van der Waals surface area (Å²) in [5, 5.41) is 11.4. The topological polar surface area (TPSA) is 69.0 Å². The lowest BCUT2D eigenvalue weighted by Crippen LogP contribution is -2.33. The maximum atomic E-state index is 12.2. The van der Waals surface area contributed by atoms with Gasteiger partial charge in [0.1, 0.15) is 0 Å². The fourth-order valence-corrected chi connectivity index (χ4v) is 2.79. The summed E-state index contributed by atoms with van der Waals surface area (Å²) in [6.07, 6.45) is 1.72. The number of carbonyl (C=O) groups is 1. The molecular weight excluding hydrogens is 268 g/mol. The number of hydrogen-bond donors (Lipinski definition) is 1. The molecule has 0 radical (unpaired) electrons. The second kappa shape index (κ2) is 5.65. The maximum Gasteiger partial charge on any atom is 0.312 e. The summed E-state index contributed by atoms with van der Waals surface area (Å²) in [5.41, 5.74) is 3.23. The number of nitrogens with one attached hydrogen (secondary N) is 1. The normalized spacial score (nSPS) is 21.4. The lowest BCUT2D eigenvalue weighted by atomic mass is 9.92. The first-order chi connectivity index (χ1) is 10.2. The number of aromatic nitrogens is 3. The summed E-state index contributed by atoms with van der Waals surface area (Å²) < 4.78 is 6.75. The van der Waals surface area contributed by atoms with Crippen LogP contribution in [-0.2, 0) is 22.6 Å². The summed E-state index contributed by atoms with van der Waals surface area (Å²) in [4.78, 5) is 12.2. The molecule has 6 nitrogen and oxygen atoms in total. The van der Waals surface area contributed by atoms with Crippen LogP contribution >= 0.6 is 0 Å². The average molecular weight is 286 g/mol. The zero-order valence-corrected chi connectivity index (χ0v) is 12.1. The van der Waals surface area contributed by atoms with Crippen LogP contribution in [0.3, 0.4) is 0 Å². The first-order valence-corrected chi connectivity index (χ1v) is 6.94. The molecule has 0 unspecified atom stereocenters. The van der Waals surface area contributed by atoms with E-state index in [0.29, 0.717) is 13.1 Å². The molecule has 1 aliphatic rings. The molecule has 6 heteroatoms. The van der Waals surface area contributed by atoms with Crippen molar-refractivity contribution in [3.8, 4) is 0 Å². The molecule has 0 saturated carbocycles. The van der Waals surface area contributed by atoms with Crippen LogP contribution in [0.4, 0.5) is 0 Å². The number of benzene rings is 1. The van der Waals surface area contributed by atoms with Gasteiger partial charge in [-0.25, -0.2) is 4.68 Å². The number of carbonyl (C=O) groups excluding carboxylic acids is 1. The Kier molecular flexibility index (Phi) is 3.70. The predicted molar refractivity (Wildman–Crippen MR) is 76.3 cm³/mol. The van der Waals surface area contributed by atoms with Gasteiger partial charge in [-0.15, -0.1) is 5.10 Å². The highest BCUT2D eigenvalue weighted by molar-refractivity contribution is 5.73. The Labute approximate surface area is 123 Å². The Hall–Kier alpha value is -2.21. The van der Waals surface area contributed by atoms with E-state index in [2.05, 4.69) is 21.7 Å². The summed E-state index contributed by atoms with van der Waals surface area (Å²) in [6, 6.07) is 8.08. The second-order valence-electron chi connectivity index (χ2n) is 5.31. The van der Waals surface area contributed by atoms with E-state index in [1.54, 1.807) is 10.9 Å². The van der Waals surface area contributed by atoms with Crippen molar-refractivity contribution in [2.45, 2.75) is 26.1 Å². The molecule has 2 heterocycles. The number of fused-ring (bicyclic) bond motifs is 1. The third-order valence-corrected chi connectivity index (χ3v) is 3.88. The number of methoxy groups -OCH3 is 1. The molecule has 0 saturated heterocycles. The lowest BCUT2D eigenvalue weighted by molar-refractivity contribution is -0.147. The third-order valence-electron chi connectivity index (χ3n) is 3.88. The van der Waals surface area contributed by atoms with Gasteiger partial charge >= 0.3 is 5.97 Å². The van der Waals surface area contributed by atoms with Crippen molar-refractivity contribution in [2.75, 3.05) is 7.11 Å². The van der Waals surface area contributed by atoms with E-state index >= 15 is 0 Å². The molecule has 0 fully saturated rings. The number of nitrogens with zero attached hydrogens (tertiary/aromatic N) is 3. The number of aryl methyl sites for hydroxylation is 1. The van der Waals surface area contributed by atoms with Crippen molar-refractivity contribution in [3.63, 3.8) is 0 Å². The first kappa shape index (κ1) is 13.8. The Bertz CT molecular complexity index is 653. The molecule has 2 aromatic rings. The molecule has 110 valence electrons. The van der Waals surface area contributed by atoms with E-state index in [9.17, 15) is 4.79 Å². The van der Waals surface area contributed by atoms with Gasteiger partial charge in [-0.05, 0) is 12.5 Å². The fourth-order valence-electron chi connectivity index (χ4n) is 2.79. The molecule has 0 aliphatic carbocycles. The zero-order valence-electron chi connectivity index (χ0n) is 12.1. The van der Waals surface area contributed by atoms with Gasteiger partial charge in [0, 0.05) is 12.6 Å². The number of esters is 1. The minimum absolute atomic E-state index is 0.0981. The minimum atomic E-state index is -0.334. The largest absolute Gasteiger partial charge is 0.469 e. The average Bonchev–Trinajstić information content (AvgIpc) is 2.85. The number of ether oxygens (including phenoxy) is 1. The standard InChI is InChI=1S/C15H18N4O2/c1-10-4-3-5-11(6-10)14-13(15(20)21-2)9-19-12(7-16-14)8-17-18-19/h3-6,8,13-14,16H,7,9H2,1-2H3/t13-,14+/m1/s1. The number of hydrogen-bond acceptors (Lipinski definition) is 5. The smallest absolute Gasteiger partial charge is 0.312 e. The quantitative estimate of drug-likeness (QED) is 0.841. The SMILES string of the molecule is COC(=O)[C@@H]1Cn2nncc2CN[C@H]1c1cccc(C)c1. The minimum Gasteiger partial charge on any atom is -0.469 e. The Morgan fingerprint density at radius 1 is 1.48 bits per heavy atom. The highest BCUT2D eigenvalue weighted by Crippen LogP contribution is 2.28. The Morgan fingerprint density at radius 3 is 3.10 bits per heavy atom. The van der Waals surface area contributed by atoms with Gasteiger partial charge in [-0.3, -0.25) is 4.79 Å². The van der Waals surface area contributed by atoms with Gasteiger partial charge in [0.25, 0.3) is 0 Å². The first-order valence-electron chi connectivity index (χ1n) is 6.94. The van der Waals surface area contributed by atoms with Crippen molar-refractivity contribution < 1.29 is 9.53 Å². The number of rotatable bonds is 2. The summed E-state index contributed by atoms with van der Waals surface area (Å²) in [5.74, 6) is -0.572. The molecule has 2 atom stereocenters. The van der Waals surface area contributed by atoms with Crippen molar-refractivity contribution in [1.29, 1.82) is 0 Å². The molecule has 1 N–H and O–H groups in total. The van der Waals surface area contributed by atoms with E-state index in [1.165, 1.54) is 12.7 Å². The van der Waals surface area contributed by atoms with E-state index in [1.807, 2.05) is 25.1 Å². The third kappa shape index (κ3) is 2.67. The van der Waals surface area contributed by atoms with Crippen LogP contribution in [0.15, 0.2) is 30.5 Å². The maximum absolute atomic E-state index is 12.2. The highest BCUT2D eigenvalue weighted by Gasteiger charge is 2.34. The predicted octanol–water partition coefficient (Wildman–Crippen LogP) is 1.22. The van der Waals surface area contributed by atoms with E-state index in [0.717, 1.165) is 11.3 Å². The van der Waals surface area contributed by atoms with Gasteiger partial charge in [0.15, 0.2) is 0 Å². The van der Waals surface area contributed by atoms with Crippen LogP contribution in [0.1, 0.15) is 22.9 Å². The lowest BCUT2D eigenvalue weighted by Gasteiger charge is -2.24. The molecule has 0 bridgehead atoms. The van der Waals surface area contributed by atoms with Gasteiger partial charge in [-0.1, -0.05) is 35.0 Å². The zero-order chi connectivity index (χ0) is 14.8. The van der Waals surface area contributed by atoms with Crippen LogP contribution in [-0.4, -0.2) is 28.1 Å². The molecule has 3 rings (SSSR count). The van der Waals surface area contributed by atoms with Gasteiger partial charge in [-0.2, -0.15) is 0 Å². The van der Waals surface area contributed by atoms with Crippen LogP contribution in [0.25, 0.3) is 0 Å². The van der Waals surface area contributed by atoms with Crippen LogP contribution < -0.4 is 5.32 Å². The summed E-state index contributed by atoms with van der Waals surface area (Å²) in [6.45, 7) is 3.13. The van der Waals surface area contributed by atoms with Gasteiger partial charge in [0.2, 0.25) is 0 Å². The van der Waals surface area contributed by atoms with Crippen molar-refractivity contribution in [1.82, 2.24) is 20.3 Å². The molecule has 21 heavy (non-hydrogen) atoms. The molecule has 0 amide bonds. The van der Waals surface area contributed by atoms with Crippen LogP contribution in [0.5, 0.6) is 0 Å². The van der Waals surface area contributed by atoms with Crippen molar-refractivity contribution in [3.05, 3.63) is 47.3 Å². The van der Waals surface area contributed by atoms with E-state index in [-0.39, 0.29) is 17.9 Å². The van der Waals surface area contributed by atoms with Crippen molar-refractivity contribution >= 4 is 5.97 Å². The van der Waals surface area contributed by atoms with Gasteiger partial charge < -0.3 is 10.1 Å². The molecule has 1 aliphatic heterocycles. The van der Waals surface area contributed by atoms with Crippen LogP contribution in [0.2, 0.25) is 0 Å². The van der Waals surface area contributed by atoms with E-state index in [4.69, 9.17) is 4.74 Å². The summed E-state index contributed by atoms with van der Waals surface area (Å²) in [7, 11) is 1.42. The monoisotopic (exact) mass is 286 g/mol.